The van der Waals surface area contributed by atoms with Crippen LogP contribution in [-0.4, -0.2) is 18.2 Å². The minimum absolute atomic E-state index is 0.0636. The van der Waals surface area contributed by atoms with Crippen molar-refractivity contribution in [3.8, 4) is 0 Å². The lowest BCUT2D eigenvalue weighted by Crippen LogP contribution is -2.19. The summed E-state index contributed by atoms with van der Waals surface area (Å²) in [6.45, 7) is 4.71. The number of rotatable bonds is 7. The Morgan fingerprint density at radius 3 is 2.61 bits per heavy atom. The number of hydrogen-bond donors (Lipinski definition) is 2. The molecule has 1 amide bonds. The van der Waals surface area contributed by atoms with Gasteiger partial charge in [0.1, 0.15) is 0 Å². The van der Waals surface area contributed by atoms with Gasteiger partial charge in [0.15, 0.2) is 0 Å². The maximum Gasteiger partial charge on any atom is 0.240 e. The van der Waals surface area contributed by atoms with Crippen LogP contribution in [0.3, 0.4) is 0 Å². The van der Waals surface area contributed by atoms with E-state index in [0.29, 0.717) is 6.42 Å². The number of nitrogens with zero attached hydrogens (tertiary/aromatic N) is 1. The van der Waals surface area contributed by atoms with Gasteiger partial charge in [0.25, 0.3) is 0 Å². The SMILES string of the molecule is C/C(=N/NC(=O)CCCNc1cccc(C)c1)c1ccccc1. The third kappa shape index (κ3) is 5.94. The number of anilines is 1. The molecule has 0 aliphatic rings. The molecule has 0 bridgehead atoms. The number of benzene rings is 2. The third-order valence-electron chi connectivity index (χ3n) is 3.47. The molecule has 120 valence electrons. The molecule has 4 heteroatoms. The third-order valence-corrected chi connectivity index (χ3v) is 3.47. The Hall–Kier alpha value is -2.62. The fourth-order valence-corrected chi connectivity index (χ4v) is 2.18. The second kappa shape index (κ2) is 8.73. The van der Waals surface area contributed by atoms with E-state index >= 15 is 0 Å². The lowest BCUT2D eigenvalue weighted by Gasteiger charge is -2.07. The quantitative estimate of drug-likeness (QED) is 0.465. The van der Waals surface area contributed by atoms with Gasteiger partial charge in [-0.15, -0.1) is 0 Å². The van der Waals surface area contributed by atoms with E-state index in [-0.39, 0.29) is 5.91 Å². The number of carbonyl (C=O) groups is 1. The predicted molar refractivity (Wildman–Crippen MR) is 95.7 cm³/mol. The molecule has 0 atom stereocenters. The largest absolute Gasteiger partial charge is 0.385 e. The highest BCUT2D eigenvalue weighted by molar-refractivity contribution is 5.99. The number of amides is 1. The van der Waals surface area contributed by atoms with Gasteiger partial charge < -0.3 is 5.32 Å². The maximum absolute atomic E-state index is 11.8. The van der Waals surface area contributed by atoms with Crippen molar-refractivity contribution in [3.05, 3.63) is 65.7 Å². The van der Waals surface area contributed by atoms with Crippen LogP contribution >= 0.6 is 0 Å². The monoisotopic (exact) mass is 309 g/mol. The molecule has 2 rings (SSSR count). The normalized spacial score (nSPS) is 11.1. The summed E-state index contributed by atoms with van der Waals surface area (Å²) < 4.78 is 0. The Labute approximate surface area is 137 Å². The van der Waals surface area contributed by atoms with Crippen LogP contribution in [-0.2, 0) is 4.79 Å². The van der Waals surface area contributed by atoms with Gasteiger partial charge in [-0.3, -0.25) is 4.79 Å². The van der Waals surface area contributed by atoms with Gasteiger partial charge in [0.2, 0.25) is 5.91 Å². The Bertz CT molecular complexity index is 665. The highest BCUT2D eigenvalue weighted by Crippen LogP contribution is 2.09. The zero-order valence-electron chi connectivity index (χ0n) is 13.7. The Morgan fingerprint density at radius 2 is 1.87 bits per heavy atom. The van der Waals surface area contributed by atoms with Gasteiger partial charge in [-0.1, -0.05) is 42.5 Å². The second-order valence-electron chi connectivity index (χ2n) is 5.50. The molecule has 2 aromatic rings. The van der Waals surface area contributed by atoms with Crippen molar-refractivity contribution < 1.29 is 4.79 Å². The highest BCUT2D eigenvalue weighted by Gasteiger charge is 2.01. The summed E-state index contributed by atoms with van der Waals surface area (Å²) in [7, 11) is 0. The Balaban J connectivity index is 1.69. The maximum atomic E-state index is 11.8. The van der Waals surface area contributed by atoms with Crippen molar-refractivity contribution in [2.24, 2.45) is 5.10 Å². The van der Waals surface area contributed by atoms with Crippen molar-refractivity contribution in [3.63, 3.8) is 0 Å². The number of hydrogen-bond acceptors (Lipinski definition) is 3. The van der Waals surface area contributed by atoms with Crippen LogP contribution in [0, 0.1) is 6.92 Å². The molecule has 4 nitrogen and oxygen atoms in total. The van der Waals surface area contributed by atoms with Crippen LogP contribution < -0.4 is 10.7 Å². The Kier molecular flexibility index (Phi) is 6.36. The van der Waals surface area contributed by atoms with E-state index in [2.05, 4.69) is 34.9 Å². The molecule has 0 aliphatic carbocycles. The summed E-state index contributed by atoms with van der Waals surface area (Å²) in [5, 5.41) is 7.46. The summed E-state index contributed by atoms with van der Waals surface area (Å²) in [4.78, 5) is 11.8. The minimum Gasteiger partial charge on any atom is -0.385 e. The van der Waals surface area contributed by atoms with E-state index in [9.17, 15) is 4.79 Å². The van der Waals surface area contributed by atoms with Crippen LogP contribution in [0.2, 0.25) is 0 Å². The predicted octanol–water partition coefficient (Wildman–Crippen LogP) is 3.73. The summed E-state index contributed by atoms with van der Waals surface area (Å²) in [6, 6.07) is 18.0. The number of aryl methyl sites for hydroxylation is 1. The molecule has 2 aromatic carbocycles. The van der Waals surface area contributed by atoms with Crippen molar-refractivity contribution in [1.82, 2.24) is 5.43 Å². The first-order valence-electron chi connectivity index (χ1n) is 7.84. The molecule has 0 spiro atoms. The van der Waals surface area contributed by atoms with Crippen LogP contribution in [0.4, 0.5) is 5.69 Å². The first kappa shape index (κ1) is 16.7. The molecule has 0 saturated heterocycles. The molecule has 2 N–H and O–H groups in total. The number of carbonyl (C=O) groups excluding carboxylic acids is 1. The molecule has 0 heterocycles. The van der Waals surface area contributed by atoms with Crippen molar-refractivity contribution >= 4 is 17.3 Å². The summed E-state index contributed by atoms with van der Waals surface area (Å²) in [5.41, 5.74) is 6.73. The zero-order valence-corrected chi connectivity index (χ0v) is 13.7. The van der Waals surface area contributed by atoms with Crippen LogP contribution in [0.5, 0.6) is 0 Å². The molecule has 0 fully saturated rings. The fourth-order valence-electron chi connectivity index (χ4n) is 2.18. The second-order valence-corrected chi connectivity index (χ2v) is 5.50. The van der Waals surface area contributed by atoms with Gasteiger partial charge in [-0.25, -0.2) is 5.43 Å². The van der Waals surface area contributed by atoms with Gasteiger partial charge in [0, 0.05) is 18.7 Å². The lowest BCUT2D eigenvalue weighted by atomic mass is 10.1. The highest BCUT2D eigenvalue weighted by atomic mass is 16.2. The smallest absolute Gasteiger partial charge is 0.240 e. The average Bonchev–Trinajstić information content (AvgIpc) is 2.57. The van der Waals surface area contributed by atoms with Gasteiger partial charge >= 0.3 is 0 Å². The van der Waals surface area contributed by atoms with E-state index < -0.39 is 0 Å². The van der Waals surface area contributed by atoms with E-state index in [4.69, 9.17) is 0 Å². The minimum atomic E-state index is -0.0636. The molecule has 0 saturated carbocycles. The summed E-state index contributed by atoms with van der Waals surface area (Å²) >= 11 is 0. The summed E-state index contributed by atoms with van der Waals surface area (Å²) in [6.07, 6.45) is 1.21. The van der Waals surface area contributed by atoms with Gasteiger partial charge in [-0.2, -0.15) is 5.10 Å². The number of nitrogens with one attached hydrogen (secondary N) is 2. The first-order valence-corrected chi connectivity index (χ1v) is 7.84. The molecule has 0 aliphatic heterocycles. The molecular weight excluding hydrogens is 286 g/mol. The number of hydrazone groups is 1. The lowest BCUT2D eigenvalue weighted by molar-refractivity contribution is -0.121. The van der Waals surface area contributed by atoms with Crippen LogP contribution in [0.25, 0.3) is 0 Å². The molecule has 0 radical (unpaired) electrons. The van der Waals surface area contributed by atoms with Crippen LogP contribution in [0.1, 0.15) is 30.9 Å². The molecule has 0 aromatic heterocycles. The molecule has 0 unspecified atom stereocenters. The molecular formula is C19H23N3O. The van der Waals surface area contributed by atoms with Crippen LogP contribution in [0.15, 0.2) is 59.7 Å². The van der Waals surface area contributed by atoms with E-state index in [1.165, 1.54) is 5.56 Å². The fraction of sp³-hybridized carbons (Fsp3) is 0.263. The molecule has 23 heavy (non-hydrogen) atoms. The zero-order chi connectivity index (χ0) is 16.5. The van der Waals surface area contributed by atoms with Crippen molar-refractivity contribution in [1.29, 1.82) is 0 Å². The average molecular weight is 309 g/mol. The van der Waals surface area contributed by atoms with Crippen molar-refractivity contribution in [2.75, 3.05) is 11.9 Å². The first-order chi connectivity index (χ1) is 11.1. The van der Waals surface area contributed by atoms with Gasteiger partial charge in [-0.05, 0) is 43.5 Å². The summed E-state index contributed by atoms with van der Waals surface area (Å²) in [5.74, 6) is -0.0636. The van der Waals surface area contributed by atoms with E-state index in [1.54, 1.807) is 0 Å². The topological polar surface area (TPSA) is 53.5 Å². The van der Waals surface area contributed by atoms with Crippen molar-refractivity contribution in [2.45, 2.75) is 26.7 Å². The van der Waals surface area contributed by atoms with E-state index in [1.807, 2.05) is 49.4 Å². The standard InChI is InChI=1S/C19H23N3O/c1-15-8-6-11-18(14-15)20-13-7-12-19(23)22-21-16(2)17-9-4-3-5-10-17/h3-6,8-11,14,20H,7,12-13H2,1-2H3,(H,22,23)/b21-16-. The van der Waals surface area contributed by atoms with Gasteiger partial charge in [0.05, 0.1) is 5.71 Å². The Morgan fingerprint density at radius 1 is 1.09 bits per heavy atom. The van der Waals surface area contributed by atoms with E-state index in [0.717, 1.165) is 29.9 Å².